The van der Waals surface area contributed by atoms with E-state index in [0.717, 1.165) is 5.56 Å². The summed E-state index contributed by atoms with van der Waals surface area (Å²) in [5.41, 5.74) is 7.57. The predicted molar refractivity (Wildman–Crippen MR) is 64.4 cm³/mol. The topological polar surface area (TPSA) is 84.5 Å². The molecule has 0 aliphatic carbocycles. The van der Waals surface area contributed by atoms with E-state index >= 15 is 0 Å². The van der Waals surface area contributed by atoms with Gasteiger partial charge < -0.3 is 5.73 Å². The van der Waals surface area contributed by atoms with E-state index < -0.39 is 10.2 Å². The first-order chi connectivity index (χ1) is 7.53. The first-order valence-electron chi connectivity index (χ1n) is 4.68. The number of benzene rings is 1. The molecule has 0 atom stereocenters. The summed E-state index contributed by atoms with van der Waals surface area (Å²) >= 11 is 0. The Morgan fingerprint density at radius 1 is 1.44 bits per heavy atom. The fourth-order valence-electron chi connectivity index (χ4n) is 1.60. The Bertz CT molecular complexity index is 588. The van der Waals surface area contributed by atoms with Gasteiger partial charge in [-0.2, -0.15) is 8.42 Å². The van der Waals surface area contributed by atoms with Gasteiger partial charge in [-0.15, -0.1) is 4.40 Å². The highest BCUT2D eigenvalue weighted by Crippen LogP contribution is 2.25. The Labute approximate surface area is 93.9 Å². The molecular weight excluding hydrogens is 226 g/mol. The van der Waals surface area contributed by atoms with E-state index in [1.54, 1.807) is 12.1 Å². The van der Waals surface area contributed by atoms with Crippen molar-refractivity contribution in [3.8, 4) is 0 Å². The van der Waals surface area contributed by atoms with Crippen LogP contribution in [0.4, 0.5) is 5.69 Å². The normalized spacial score (nSPS) is 17.7. The van der Waals surface area contributed by atoms with Gasteiger partial charge in [0.1, 0.15) is 5.84 Å². The molecule has 2 rings (SSSR count). The second-order valence-electron chi connectivity index (χ2n) is 3.32. The van der Waals surface area contributed by atoms with Gasteiger partial charge in [-0.3, -0.25) is 4.72 Å². The number of nitrogens with two attached hydrogens (primary N) is 1. The molecule has 5 nitrogen and oxygen atoms in total. The van der Waals surface area contributed by atoms with Gasteiger partial charge in [0.25, 0.3) is 0 Å². The van der Waals surface area contributed by atoms with E-state index in [1.165, 1.54) is 0 Å². The molecule has 1 aromatic rings. The summed E-state index contributed by atoms with van der Waals surface area (Å²) in [6, 6.07) is 5.26. The van der Waals surface area contributed by atoms with Crippen LogP contribution in [-0.2, 0) is 10.2 Å². The molecule has 0 fully saturated rings. The lowest BCUT2D eigenvalue weighted by atomic mass is 10.0. The molecule has 0 radical (unpaired) electrons. The molecule has 16 heavy (non-hydrogen) atoms. The van der Waals surface area contributed by atoms with Crippen LogP contribution >= 0.6 is 0 Å². The summed E-state index contributed by atoms with van der Waals surface area (Å²) in [5, 5.41) is 0. The van der Waals surface area contributed by atoms with Gasteiger partial charge in [-0.05, 0) is 18.6 Å². The predicted octanol–water partition coefficient (Wildman–Crippen LogP) is 1.10. The maximum atomic E-state index is 11.3. The summed E-state index contributed by atoms with van der Waals surface area (Å²) in [4.78, 5) is 0. The molecule has 3 N–H and O–H groups in total. The van der Waals surface area contributed by atoms with E-state index in [4.69, 9.17) is 5.73 Å². The molecule has 1 aliphatic heterocycles. The molecule has 0 saturated heterocycles. The van der Waals surface area contributed by atoms with Crippen molar-refractivity contribution in [2.24, 2.45) is 10.1 Å². The van der Waals surface area contributed by atoms with Gasteiger partial charge in [0.15, 0.2) is 0 Å². The SMILES string of the molecule is C/C=C\c1cccc2c1C(N)=NS(=O)(=O)N2. The minimum absolute atomic E-state index is 0.0162. The highest BCUT2D eigenvalue weighted by atomic mass is 32.2. The van der Waals surface area contributed by atoms with Gasteiger partial charge in [0.05, 0.1) is 5.69 Å². The molecule has 84 valence electrons. The fourth-order valence-corrected chi connectivity index (χ4v) is 2.44. The molecule has 0 aromatic heterocycles. The Kier molecular flexibility index (Phi) is 2.43. The Morgan fingerprint density at radius 3 is 2.88 bits per heavy atom. The van der Waals surface area contributed by atoms with Crippen molar-refractivity contribution in [3.63, 3.8) is 0 Å². The third-order valence-corrected chi connectivity index (χ3v) is 3.07. The zero-order valence-electron chi connectivity index (χ0n) is 8.64. The Balaban J connectivity index is 2.70. The number of nitrogens with zero attached hydrogens (tertiary/aromatic N) is 1. The standard InChI is InChI=1S/C10H11N3O2S/c1-2-4-7-5-3-6-8-9(7)10(11)13-16(14,15)12-8/h2-6,12H,1H3,(H2,11,13)/b4-2-. The molecule has 0 bridgehead atoms. The fraction of sp³-hybridized carbons (Fsp3) is 0.100. The molecule has 0 unspecified atom stereocenters. The zero-order chi connectivity index (χ0) is 11.8. The number of rotatable bonds is 1. The number of anilines is 1. The number of amidine groups is 1. The maximum Gasteiger partial charge on any atom is 0.344 e. The van der Waals surface area contributed by atoms with Crippen molar-refractivity contribution in [3.05, 3.63) is 35.4 Å². The third kappa shape index (κ3) is 1.79. The molecule has 1 aromatic carbocycles. The molecule has 1 aliphatic rings. The van der Waals surface area contributed by atoms with Crippen molar-refractivity contribution >= 4 is 27.8 Å². The van der Waals surface area contributed by atoms with E-state index in [0.29, 0.717) is 11.3 Å². The van der Waals surface area contributed by atoms with Crippen LogP contribution in [0.2, 0.25) is 0 Å². The van der Waals surface area contributed by atoms with Gasteiger partial charge in [0.2, 0.25) is 0 Å². The minimum atomic E-state index is -3.69. The average Bonchev–Trinajstić information content (AvgIpc) is 2.15. The lowest BCUT2D eigenvalue weighted by molar-refractivity contribution is 0.602. The summed E-state index contributed by atoms with van der Waals surface area (Å²) in [6.45, 7) is 1.87. The van der Waals surface area contributed by atoms with Crippen LogP contribution in [-0.4, -0.2) is 14.3 Å². The second kappa shape index (κ2) is 3.64. The first-order valence-corrected chi connectivity index (χ1v) is 6.12. The van der Waals surface area contributed by atoms with Crippen LogP contribution in [0.25, 0.3) is 6.08 Å². The Hall–Kier alpha value is -1.82. The maximum absolute atomic E-state index is 11.3. The molecule has 6 heteroatoms. The van der Waals surface area contributed by atoms with E-state index in [2.05, 4.69) is 9.12 Å². The van der Waals surface area contributed by atoms with Gasteiger partial charge in [-0.1, -0.05) is 24.3 Å². The number of nitrogens with one attached hydrogen (secondary N) is 1. The van der Waals surface area contributed by atoms with Crippen LogP contribution in [0.1, 0.15) is 18.1 Å². The highest BCUT2D eigenvalue weighted by Gasteiger charge is 2.22. The molecule has 1 heterocycles. The quantitative estimate of drug-likeness (QED) is 0.766. The smallest absolute Gasteiger partial charge is 0.344 e. The minimum Gasteiger partial charge on any atom is -0.382 e. The average molecular weight is 237 g/mol. The zero-order valence-corrected chi connectivity index (χ0v) is 9.45. The van der Waals surface area contributed by atoms with Gasteiger partial charge in [-0.25, -0.2) is 0 Å². The van der Waals surface area contributed by atoms with E-state index in [-0.39, 0.29) is 5.84 Å². The van der Waals surface area contributed by atoms with Crippen LogP contribution in [0, 0.1) is 0 Å². The number of fused-ring (bicyclic) bond motifs is 1. The number of hydrogen-bond acceptors (Lipinski definition) is 3. The molecular formula is C10H11N3O2S. The number of hydrogen-bond donors (Lipinski definition) is 2. The van der Waals surface area contributed by atoms with Gasteiger partial charge >= 0.3 is 10.2 Å². The summed E-state index contributed by atoms with van der Waals surface area (Å²) in [7, 11) is -3.69. The molecule has 0 amide bonds. The molecule has 0 spiro atoms. The van der Waals surface area contributed by atoms with Crippen molar-refractivity contribution in [1.29, 1.82) is 0 Å². The van der Waals surface area contributed by atoms with E-state index in [1.807, 2.05) is 25.1 Å². The first kappa shape index (κ1) is 10.7. The van der Waals surface area contributed by atoms with Crippen LogP contribution in [0.15, 0.2) is 28.7 Å². The highest BCUT2D eigenvalue weighted by molar-refractivity contribution is 7.91. The van der Waals surface area contributed by atoms with Crippen molar-refractivity contribution < 1.29 is 8.42 Å². The third-order valence-electron chi connectivity index (χ3n) is 2.16. The number of allylic oxidation sites excluding steroid dienone is 1. The van der Waals surface area contributed by atoms with Crippen molar-refractivity contribution in [2.45, 2.75) is 6.92 Å². The van der Waals surface area contributed by atoms with E-state index in [9.17, 15) is 8.42 Å². The van der Waals surface area contributed by atoms with Crippen molar-refractivity contribution in [2.75, 3.05) is 4.72 Å². The Morgan fingerprint density at radius 2 is 2.19 bits per heavy atom. The molecule has 0 saturated carbocycles. The monoisotopic (exact) mass is 237 g/mol. The van der Waals surface area contributed by atoms with Crippen LogP contribution < -0.4 is 10.5 Å². The summed E-state index contributed by atoms with van der Waals surface area (Å²) < 4.78 is 28.3. The largest absolute Gasteiger partial charge is 0.382 e. The van der Waals surface area contributed by atoms with Crippen LogP contribution in [0.3, 0.4) is 0 Å². The lowest BCUT2D eigenvalue weighted by Crippen LogP contribution is -2.27. The van der Waals surface area contributed by atoms with Crippen LogP contribution in [0.5, 0.6) is 0 Å². The van der Waals surface area contributed by atoms with Gasteiger partial charge in [0, 0.05) is 5.56 Å². The summed E-state index contributed by atoms with van der Waals surface area (Å²) in [6.07, 6.45) is 3.70. The summed E-state index contributed by atoms with van der Waals surface area (Å²) in [5.74, 6) is 0.0162. The lowest BCUT2D eigenvalue weighted by Gasteiger charge is -2.17. The second-order valence-corrected chi connectivity index (χ2v) is 4.66. The van der Waals surface area contributed by atoms with Crippen molar-refractivity contribution in [1.82, 2.24) is 0 Å².